The van der Waals surface area contributed by atoms with Gasteiger partial charge >= 0.3 is 5.97 Å². The van der Waals surface area contributed by atoms with Crippen molar-refractivity contribution in [3.63, 3.8) is 0 Å². The molecule has 2 N–H and O–H groups in total. The molecule has 0 atom stereocenters. The Bertz CT molecular complexity index is 1530. The van der Waals surface area contributed by atoms with E-state index in [1.165, 1.54) is 17.0 Å². The summed E-state index contributed by atoms with van der Waals surface area (Å²) in [4.78, 5) is 31.5. The Morgan fingerprint density at radius 1 is 1.00 bits per heavy atom. The fraction of sp³-hybridized carbons (Fsp3) is 0.424. The highest BCUT2D eigenvalue weighted by atomic mass is 19.1. The van der Waals surface area contributed by atoms with Crippen molar-refractivity contribution in [1.29, 1.82) is 0 Å². The molecule has 4 fully saturated rings. The molecule has 0 radical (unpaired) electrons. The van der Waals surface area contributed by atoms with Gasteiger partial charge in [0.05, 0.1) is 42.6 Å². The van der Waals surface area contributed by atoms with E-state index in [-0.39, 0.29) is 34.8 Å². The lowest BCUT2D eigenvalue weighted by Gasteiger charge is -2.36. The summed E-state index contributed by atoms with van der Waals surface area (Å²) in [5, 5.41) is 9.19. The highest BCUT2D eigenvalue weighted by Gasteiger charge is 2.46. The molecule has 2 saturated heterocycles. The van der Waals surface area contributed by atoms with Gasteiger partial charge < -0.3 is 24.4 Å². The molecule has 1 amide bonds. The van der Waals surface area contributed by atoms with Crippen molar-refractivity contribution >= 4 is 17.6 Å². The van der Waals surface area contributed by atoms with Crippen LogP contribution in [0.5, 0.6) is 11.5 Å². The van der Waals surface area contributed by atoms with Crippen LogP contribution in [-0.2, 0) is 11.3 Å². The second-order valence-electron chi connectivity index (χ2n) is 12.5. The van der Waals surface area contributed by atoms with Gasteiger partial charge in [0, 0.05) is 48.5 Å². The first-order valence-electron chi connectivity index (χ1n) is 15.0. The molecule has 0 bridgehead atoms. The zero-order valence-electron chi connectivity index (χ0n) is 23.8. The maximum atomic E-state index is 15.0. The number of nitrogens with zero attached hydrogens (tertiary/aromatic N) is 2. The van der Waals surface area contributed by atoms with Gasteiger partial charge in [-0.05, 0) is 62.1 Å². The lowest BCUT2D eigenvalue weighted by atomic mass is 9.77. The van der Waals surface area contributed by atoms with Crippen LogP contribution in [0.4, 0.5) is 14.5 Å². The molecule has 10 heteroatoms. The second-order valence-corrected chi connectivity index (χ2v) is 12.5. The van der Waals surface area contributed by atoms with E-state index in [9.17, 15) is 23.5 Å². The third-order valence-electron chi connectivity index (χ3n) is 9.03. The number of ether oxygens (including phenoxy) is 2. The van der Waals surface area contributed by atoms with Gasteiger partial charge in [-0.1, -0.05) is 0 Å². The van der Waals surface area contributed by atoms with Crippen LogP contribution in [0.3, 0.4) is 0 Å². The fourth-order valence-corrected chi connectivity index (χ4v) is 6.34. The van der Waals surface area contributed by atoms with Crippen molar-refractivity contribution in [2.75, 3.05) is 24.5 Å². The molecule has 0 unspecified atom stereocenters. The molecule has 1 spiro atoms. The average Bonchev–Trinajstić information content (AvgIpc) is 3.92. The molecule has 8 nitrogen and oxygen atoms in total. The Balaban J connectivity index is 1.09. The first-order valence-corrected chi connectivity index (χ1v) is 15.0. The van der Waals surface area contributed by atoms with Crippen LogP contribution in [0.2, 0.25) is 0 Å². The van der Waals surface area contributed by atoms with E-state index in [0.717, 1.165) is 81.7 Å². The maximum Gasteiger partial charge on any atom is 0.335 e. The molecule has 2 aliphatic heterocycles. The summed E-state index contributed by atoms with van der Waals surface area (Å²) in [6, 6.07) is 11.2. The number of likely N-dealkylation sites (tertiary alicyclic amines) is 1. The summed E-state index contributed by atoms with van der Waals surface area (Å²) in [5.74, 6) is -1.36. The zero-order valence-corrected chi connectivity index (χ0v) is 23.8. The van der Waals surface area contributed by atoms with Gasteiger partial charge in [-0.3, -0.25) is 4.79 Å². The van der Waals surface area contributed by atoms with E-state index >= 15 is 0 Å². The number of rotatable bonds is 9. The van der Waals surface area contributed by atoms with Gasteiger partial charge in [0.2, 0.25) is 5.91 Å². The summed E-state index contributed by atoms with van der Waals surface area (Å²) in [6.07, 6.45) is 7.16. The topological polar surface area (TPSA) is 93.4 Å². The number of aromatic nitrogens is 1. The number of hydrogen-bond donors (Lipinski definition) is 2. The van der Waals surface area contributed by atoms with Gasteiger partial charge in [0.1, 0.15) is 29.6 Å². The number of pyridine rings is 1. The van der Waals surface area contributed by atoms with Gasteiger partial charge in [-0.15, -0.1) is 0 Å². The van der Waals surface area contributed by atoms with Gasteiger partial charge in [-0.25, -0.2) is 18.6 Å². The monoisotopic (exact) mass is 590 g/mol. The Kier molecular flexibility index (Phi) is 7.04. The number of anilines is 1. The number of quaternary nitrogens is 1. The Labute approximate surface area is 248 Å². The molecule has 1 aromatic heterocycles. The van der Waals surface area contributed by atoms with E-state index in [0.29, 0.717) is 30.0 Å². The van der Waals surface area contributed by atoms with E-state index in [1.54, 1.807) is 17.0 Å². The molecular weight excluding hydrogens is 556 g/mol. The number of hydrogen-bond acceptors (Lipinski definition) is 5. The van der Waals surface area contributed by atoms with Crippen molar-refractivity contribution < 1.29 is 37.9 Å². The predicted octanol–water partition coefficient (Wildman–Crippen LogP) is 4.41. The number of carboxylic acids is 1. The molecule has 43 heavy (non-hydrogen) atoms. The van der Waals surface area contributed by atoms with E-state index in [1.807, 2.05) is 12.1 Å². The molecule has 224 valence electrons. The second kappa shape index (κ2) is 10.9. The minimum atomic E-state index is -0.988. The van der Waals surface area contributed by atoms with E-state index in [4.69, 9.17) is 9.47 Å². The van der Waals surface area contributed by atoms with Crippen LogP contribution in [0.25, 0.3) is 11.3 Å². The summed E-state index contributed by atoms with van der Waals surface area (Å²) >= 11 is 0. The molecular formula is C33H34F2N3O5+. The van der Waals surface area contributed by atoms with E-state index in [2.05, 4.69) is 4.98 Å². The van der Waals surface area contributed by atoms with Crippen molar-refractivity contribution in [3.05, 3.63) is 71.4 Å². The maximum absolute atomic E-state index is 15.0. The van der Waals surface area contributed by atoms with Gasteiger partial charge in [0.15, 0.2) is 5.82 Å². The van der Waals surface area contributed by atoms with Crippen LogP contribution in [0.15, 0.2) is 48.7 Å². The summed E-state index contributed by atoms with van der Waals surface area (Å²) in [6.45, 7) is 3.15. The van der Waals surface area contributed by atoms with Crippen molar-refractivity contribution in [1.82, 2.24) is 4.98 Å². The molecule has 4 aliphatic rings. The Hall–Kier alpha value is -4.05. The number of amides is 1. The first-order chi connectivity index (χ1) is 20.7. The first kappa shape index (κ1) is 27.8. The lowest BCUT2D eigenvalue weighted by molar-refractivity contribution is -0.921. The number of piperidine rings is 1. The van der Waals surface area contributed by atoms with Gasteiger partial charge in [-0.2, -0.15) is 0 Å². The molecule has 7 rings (SSSR count). The minimum absolute atomic E-state index is 0.0274. The van der Waals surface area contributed by atoms with Crippen LogP contribution in [-0.4, -0.2) is 53.8 Å². The molecule has 2 saturated carbocycles. The molecule has 2 aliphatic carbocycles. The highest BCUT2D eigenvalue weighted by Crippen LogP contribution is 2.45. The lowest BCUT2D eigenvalue weighted by Crippen LogP contribution is -3.12. The Morgan fingerprint density at radius 3 is 2.19 bits per heavy atom. The number of carbonyl (C=O) groups is 2. The zero-order chi connectivity index (χ0) is 29.7. The number of benzene rings is 2. The summed E-state index contributed by atoms with van der Waals surface area (Å²) < 4.78 is 41.2. The molecule has 3 heterocycles. The largest absolute Gasteiger partial charge is 0.490 e. The number of nitrogens with one attached hydrogen (secondary N) is 1. The quantitative estimate of drug-likeness (QED) is 0.384. The van der Waals surface area contributed by atoms with Crippen molar-refractivity contribution in [2.45, 2.75) is 63.7 Å². The normalized spacial score (nSPS) is 23.5. The van der Waals surface area contributed by atoms with Crippen LogP contribution < -0.4 is 19.3 Å². The summed E-state index contributed by atoms with van der Waals surface area (Å²) in [7, 11) is 0. The minimum Gasteiger partial charge on any atom is -0.490 e. The highest BCUT2D eigenvalue weighted by molar-refractivity contribution is 5.97. The van der Waals surface area contributed by atoms with Crippen molar-refractivity contribution in [2.24, 2.45) is 5.41 Å². The molecule has 3 aromatic rings. The molecule has 2 aromatic carbocycles. The van der Waals surface area contributed by atoms with Crippen LogP contribution in [0.1, 0.15) is 60.9 Å². The Morgan fingerprint density at radius 2 is 1.63 bits per heavy atom. The summed E-state index contributed by atoms with van der Waals surface area (Å²) in [5.41, 5.74) is 2.33. The van der Waals surface area contributed by atoms with Gasteiger partial charge in [0.25, 0.3) is 0 Å². The third-order valence-corrected chi connectivity index (χ3v) is 9.03. The number of carbonyl (C=O) groups excluding carboxylic acids is 1. The van der Waals surface area contributed by atoms with Crippen LogP contribution >= 0.6 is 0 Å². The smallest absolute Gasteiger partial charge is 0.335 e. The third kappa shape index (κ3) is 5.93. The van der Waals surface area contributed by atoms with E-state index < -0.39 is 17.6 Å². The van der Waals surface area contributed by atoms with Crippen LogP contribution in [0, 0.1) is 17.0 Å². The average molecular weight is 591 g/mol. The number of carboxylic acid groups (broad SMARTS) is 1. The standard InChI is InChI=1S/C33H33F2N3O5/c34-22-15-26(35)31(36-17-22)30-27(42-24-5-6-24)13-20(14-28(30)43-25-7-8-25)18-37-11-9-33(10-12-37)16-29(39)38(19-33)23-3-1-21(2-4-23)32(40)41/h1-4,13-15,17,24-25H,5-12,16,18-19H2,(H,40,41)/p+1. The fourth-order valence-electron chi connectivity index (χ4n) is 6.34. The number of aromatic carboxylic acids is 1. The predicted molar refractivity (Wildman–Crippen MR) is 153 cm³/mol. The van der Waals surface area contributed by atoms with Crippen molar-refractivity contribution in [3.8, 4) is 22.8 Å². The SMILES string of the molecule is O=C(O)c1ccc(N2CC3(CC[NH+](Cc4cc(OC5CC5)c(-c5ncc(F)cc5F)c(OC5CC5)c4)CC3)CC2=O)cc1. The number of halogens is 2.